The number of amides is 1. The first kappa shape index (κ1) is 13.7. The number of carbonyl (C=O) groups excluding carboxylic acids is 1. The Labute approximate surface area is 122 Å². The van der Waals surface area contributed by atoms with E-state index in [-0.39, 0.29) is 5.91 Å². The SMILES string of the molecule is O=C(CC1CCCNC1)Nc1cccc(-n2cnnn2)c1. The molecule has 0 spiro atoms. The number of carbonyl (C=O) groups is 1. The molecule has 2 aromatic rings. The quantitative estimate of drug-likeness (QED) is 0.875. The van der Waals surface area contributed by atoms with E-state index >= 15 is 0 Å². The highest BCUT2D eigenvalue weighted by molar-refractivity contribution is 5.91. The molecule has 1 aromatic carbocycles. The van der Waals surface area contributed by atoms with E-state index < -0.39 is 0 Å². The highest BCUT2D eigenvalue weighted by Crippen LogP contribution is 2.17. The van der Waals surface area contributed by atoms with Gasteiger partial charge in [-0.3, -0.25) is 4.79 Å². The minimum Gasteiger partial charge on any atom is -0.326 e. The molecule has 0 bridgehead atoms. The lowest BCUT2D eigenvalue weighted by molar-refractivity contribution is -0.117. The van der Waals surface area contributed by atoms with Crippen molar-refractivity contribution in [3.05, 3.63) is 30.6 Å². The van der Waals surface area contributed by atoms with Gasteiger partial charge in [0, 0.05) is 12.1 Å². The molecular formula is C14H18N6O. The summed E-state index contributed by atoms with van der Waals surface area (Å²) in [6, 6.07) is 7.48. The Morgan fingerprint density at radius 1 is 1.48 bits per heavy atom. The van der Waals surface area contributed by atoms with Crippen LogP contribution in [0.5, 0.6) is 0 Å². The normalized spacial score (nSPS) is 18.4. The van der Waals surface area contributed by atoms with Crippen molar-refractivity contribution in [3.63, 3.8) is 0 Å². The van der Waals surface area contributed by atoms with Crippen LogP contribution in [0.1, 0.15) is 19.3 Å². The third-order valence-electron chi connectivity index (χ3n) is 3.62. The summed E-state index contributed by atoms with van der Waals surface area (Å²) in [5.74, 6) is 0.485. The van der Waals surface area contributed by atoms with Gasteiger partial charge in [0.25, 0.3) is 0 Å². The van der Waals surface area contributed by atoms with Crippen molar-refractivity contribution in [2.75, 3.05) is 18.4 Å². The van der Waals surface area contributed by atoms with Crippen LogP contribution in [0.2, 0.25) is 0 Å². The van der Waals surface area contributed by atoms with Crippen LogP contribution in [-0.2, 0) is 4.79 Å². The zero-order valence-corrected chi connectivity index (χ0v) is 11.7. The molecular weight excluding hydrogens is 268 g/mol. The molecule has 1 aromatic heterocycles. The molecule has 2 N–H and O–H groups in total. The monoisotopic (exact) mass is 286 g/mol. The molecule has 7 nitrogen and oxygen atoms in total. The molecule has 7 heteroatoms. The van der Waals surface area contributed by atoms with Crippen LogP contribution in [0.25, 0.3) is 5.69 Å². The molecule has 1 atom stereocenters. The number of benzene rings is 1. The largest absolute Gasteiger partial charge is 0.326 e. The highest BCUT2D eigenvalue weighted by Gasteiger charge is 2.16. The maximum atomic E-state index is 12.1. The minimum absolute atomic E-state index is 0.0533. The Balaban J connectivity index is 1.62. The van der Waals surface area contributed by atoms with Gasteiger partial charge in [-0.1, -0.05) is 6.07 Å². The number of piperidine rings is 1. The molecule has 1 aliphatic rings. The first-order chi connectivity index (χ1) is 10.3. The average molecular weight is 286 g/mol. The van der Waals surface area contributed by atoms with E-state index in [2.05, 4.69) is 26.2 Å². The van der Waals surface area contributed by atoms with Gasteiger partial charge in [0.05, 0.1) is 5.69 Å². The Hall–Kier alpha value is -2.28. The maximum absolute atomic E-state index is 12.1. The Kier molecular flexibility index (Phi) is 4.20. The van der Waals surface area contributed by atoms with Crippen LogP contribution < -0.4 is 10.6 Å². The van der Waals surface area contributed by atoms with Crippen molar-refractivity contribution >= 4 is 11.6 Å². The summed E-state index contributed by atoms with van der Waals surface area (Å²) in [6.45, 7) is 1.99. The number of nitrogens with one attached hydrogen (secondary N) is 2. The summed E-state index contributed by atoms with van der Waals surface area (Å²) in [6.07, 6.45) is 4.34. The number of hydrogen-bond donors (Lipinski definition) is 2. The van der Waals surface area contributed by atoms with E-state index in [1.54, 1.807) is 4.68 Å². The summed E-state index contributed by atoms with van der Waals surface area (Å²) in [7, 11) is 0. The van der Waals surface area contributed by atoms with Crippen molar-refractivity contribution in [1.82, 2.24) is 25.5 Å². The molecule has 1 aliphatic heterocycles. The third kappa shape index (κ3) is 3.63. The zero-order chi connectivity index (χ0) is 14.5. The molecule has 1 unspecified atom stereocenters. The number of rotatable bonds is 4. The van der Waals surface area contributed by atoms with E-state index in [0.29, 0.717) is 12.3 Å². The van der Waals surface area contributed by atoms with E-state index in [1.165, 1.54) is 6.33 Å². The van der Waals surface area contributed by atoms with Crippen LogP contribution in [-0.4, -0.2) is 39.2 Å². The lowest BCUT2D eigenvalue weighted by Crippen LogP contribution is -2.32. The summed E-state index contributed by atoms with van der Waals surface area (Å²) in [4.78, 5) is 12.1. The molecule has 1 fully saturated rings. The third-order valence-corrected chi connectivity index (χ3v) is 3.62. The minimum atomic E-state index is 0.0533. The summed E-state index contributed by atoms with van der Waals surface area (Å²) >= 11 is 0. The predicted octanol–water partition coefficient (Wildman–Crippen LogP) is 0.990. The van der Waals surface area contributed by atoms with Gasteiger partial charge in [-0.25, -0.2) is 4.68 Å². The molecule has 0 radical (unpaired) electrons. The fourth-order valence-electron chi connectivity index (χ4n) is 2.58. The highest BCUT2D eigenvalue weighted by atomic mass is 16.1. The summed E-state index contributed by atoms with van der Waals surface area (Å²) in [5, 5.41) is 17.3. The second-order valence-electron chi connectivity index (χ2n) is 5.27. The summed E-state index contributed by atoms with van der Waals surface area (Å²) < 4.78 is 1.56. The van der Waals surface area contributed by atoms with Crippen LogP contribution in [0.4, 0.5) is 5.69 Å². The number of tetrazole rings is 1. The van der Waals surface area contributed by atoms with E-state index in [1.807, 2.05) is 24.3 Å². The van der Waals surface area contributed by atoms with Gasteiger partial charge in [-0.15, -0.1) is 5.10 Å². The van der Waals surface area contributed by atoms with Gasteiger partial charge in [-0.2, -0.15) is 0 Å². The predicted molar refractivity (Wildman–Crippen MR) is 78.0 cm³/mol. The fraction of sp³-hybridized carbons (Fsp3) is 0.429. The fourth-order valence-corrected chi connectivity index (χ4v) is 2.58. The van der Waals surface area contributed by atoms with E-state index in [0.717, 1.165) is 37.3 Å². The standard InChI is InChI=1S/C14H18N6O/c21-14(7-11-3-2-6-15-9-11)17-12-4-1-5-13(8-12)20-10-16-18-19-20/h1,4-5,8,10-11,15H,2-3,6-7,9H2,(H,17,21). The van der Waals surface area contributed by atoms with Crippen LogP contribution in [0, 0.1) is 5.92 Å². The van der Waals surface area contributed by atoms with Gasteiger partial charge in [0.2, 0.25) is 5.91 Å². The molecule has 1 amide bonds. The van der Waals surface area contributed by atoms with E-state index in [4.69, 9.17) is 0 Å². The van der Waals surface area contributed by atoms with Crippen LogP contribution >= 0.6 is 0 Å². The van der Waals surface area contributed by atoms with Gasteiger partial charge in [-0.05, 0) is 60.5 Å². The molecule has 2 heterocycles. The molecule has 110 valence electrons. The lowest BCUT2D eigenvalue weighted by atomic mass is 9.96. The molecule has 0 aliphatic carbocycles. The lowest BCUT2D eigenvalue weighted by Gasteiger charge is -2.22. The number of anilines is 1. The van der Waals surface area contributed by atoms with E-state index in [9.17, 15) is 4.79 Å². The topological polar surface area (TPSA) is 84.7 Å². The van der Waals surface area contributed by atoms with Gasteiger partial charge >= 0.3 is 0 Å². The maximum Gasteiger partial charge on any atom is 0.224 e. The Bertz CT molecular complexity index is 591. The van der Waals surface area contributed by atoms with Crippen molar-refractivity contribution in [1.29, 1.82) is 0 Å². The first-order valence-electron chi connectivity index (χ1n) is 7.15. The number of hydrogen-bond acceptors (Lipinski definition) is 5. The van der Waals surface area contributed by atoms with Gasteiger partial charge < -0.3 is 10.6 Å². The second kappa shape index (κ2) is 6.45. The summed E-state index contributed by atoms with van der Waals surface area (Å²) in [5.41, 5.74) is 1.58. The first-order valence-corrected chi connectivity index (χ1v) is 7.15. The number of nitrogens with zero attached hydrogens (tertiary/aromatic N) is 4. The number of aromatic nitrogens is 4. The zero-order valence-electron chi connectivity index (χ0n) is 11.7. The Morgan fingerprint density at radius 2 is 2.43 bits per heavy atom. The van der Waals surface area contributed by atoms with Crippen molar-refractivity contribution < 1.29 is 4.79 Å². The van der Waals surface area contributed by atoms with Crippen molar-refractivity contribution in [3.8, 4) is 5.69 Å². The molecule has 0 saturated carbocycles. The molecule has 1 saturated heterocycles. The van der Waals surface area contributed by atoms with Crippen molar-refractivity contribution in [2.45, 2.75) is 19.3 Å². The Morgan fingerprint density at radius 3 is 3.19 bits per heavy atom. The van der Waals surface area contributed by atoms with Gasteiger partial charge in [0.1, 0.15) is 6.33 Å². The van der Waals surface area contributed by atoms with Crippen LogP contribution in [0.3, 0.4) is 0 Å². The second-order valence-corrected chi connectivity index (χ2v) is 5.27. The van der Waals surface area contributed by atoms with Gasteiger partial charge in [0.15, 0.2) is 0 Å². The average Bonchev–Trinajstić information content (AvgIpc) is 3.02. The molecule has 21 heavy (non-hydrogen) atoms. The smallest absolute Gasteiger partial charge is 0.224 e. The van der Waals surface area contributed by atoms with Crippen molar-refractivity contribution in [2.24, 2.45) is 5.92 Å². The van der Waals surface area contributed by atoms with Crippen LogP contribution in [0.15, 0.2) is 30.6 Å². The molecule has 3 rings (SSSR count).